The number of amides is 2. The zero-order valence-corrected chi connectivity index (χ0v) is 20.5. The van der Waals surface area contributed by atoms with Crippen molar-refractivity contribution < 1.29 is 19.1 Å². The minimum absolute atomic E-state index is 0.0417. The Balaban J connectivity index is 1.48. The number of carbonyl (C=O) groups is 2. The summed E-state index contributed by atoms with van der Waals surface area (Å²) >= 11 is 1.28. The van der Waals surface area contributed by atoms with E-state index in [1.807, 2.05) is 54.0 Å². The molecule has 0 aliphatic heterocycles. The minimum atomic E-state index is -0.221. The molecule has 35 heavy (non-hydrogen) atoms. The molecule has 0 radical (unpaired) electrons. The number of ether oxygens (including phenoxy) is 2. The van der Waals surface area contributed by atoms with Crippen LogP contribution in [0.5, 0.6) is 11.5 Å². The quantitative estimate of drug-likeness (QED) is 0.330. The number of rotatable bonds is 9. The molecule has 0 spiro atoms. The second-order valence-electron chi connectivity index (χ2n) is 7.79. The molecular weight excluding hydrogens is 464 g/mol. The van der Waals surface area contributed by atoms with E-state index in [9.17, 15) is 9.59 Å². The van der Waals surface area contributed by atoms with Crippen LogP contribution in [-0.2, 0) is 16.1 Å². The van der Waals surface area contributed by atoms with E-state index < -0.39 is 0 Å². The Bertz CT molecular complexity index is 1350. The number of fused-ring (bicyclic) bond motifs is 1. The summed E-state index contributed by atoms with van der Waals surface area (Å²) in [5.74, 6) is 1.05. The molecular formula is C26H26N4O4S. The highest BCUT2D eigenvalue weighted by Crippen LogP contribution is 2.27. The fraction of sp³-hybridized carbons (Fsp3) is 0.192. The van der Waals surface area contributed by atoms with Gasteiger partial charge in [-0.1, -0.05) is 30.0 Å². The number of para-hydroxylation sites is 2. The van der Waals surface area contributed by atoms with E-state index in [0.29, 0.717) is 28.0 Å². The van der Waals surface area contributed by atoms with Crippen molar-refractivity contribution in [2.45, 2.75) is 18.6 Å². The summed E-state index contributed by atoms with van der Waals surface area (Å²) in [6.45, 7) is 1.99. The lowest BCUT2D eigenvalue weighted by molar-refractivity contribution is -0.117. The van der Waals surface area contributed by atoms with Gasteiger partial charge in [-0.15, -0.1) is 0 Å². The maximum atomic E-state index is 13.0. The molecule has 0 aliphatic rings. The monoisotopic (exact) mass is 490 g/mol. The van der Waals surface area contributed by atoms with Gasteiger partial charge in [-0.25, -0.2) is 4.98 Å². The van der Waals surface area contributed by atoms with Crippen molar-refractivity contribution in [1.82, 2.24) is 9.55 Å². The third-order valence-corrected chi connectivity index (χ3v) is 6.23. The molecule has 0 atom stereocenters. The minimum Gasteiger partial charge on any atom is -0.497 e. The molecule has 2 N–H and O–H groups in total. The summed E-state index contributed by atoms with van der Waals surface area (Å²) in [7, 11) is 3.16. The smallest absolute Gasteiger partial charge is 0.244 e. The van der Waals surface area contributed by atoms with Crippen molar-refractivity contribution in [3.8, 4) is 11.5 Å². The molecule has 4 rings (SSSR count). The topological polar surface area (TPSA) is 94.5 Å². The third-order valence-electron chi connectivity index (χ3n) is 5.26. The average Bonchev–Trinajstić information content (AvgIpc) is 3.20. The maximum Gasteiger partial charge on any atom is 0.244 e. The average molecular weight is 491 g/mol. The second-order valence-corrected chi connectivity index (χ2v) is 8.73. The van der Waals surface area contributed by atoms with Crippen molar-refractivity contribution >= 4 is 46.0 Å². The van der Waals surface area contributed by atoms with Crippen LogP contribution in [0, 0.1) is 6.92 Å². The van der Waals surface area contributed by atoms with Gasteiger partial charge >= 0.3 is 0 Å². The molecule has 0 saturated carbocycles. The van der Waals surface area contributed by atoms with Crippen molar-refractivity contribution in [3.05, 3.63) is 72.3 Å². The molecule has 1 heterocycles. The third kappa shape index (κ3) is 5.93. The van der Waals surface area contributed by atoms with Gasteiger partial charge < -0.3 is 24.7 Å². The van der Waals surface area contributed by atoms with Crippen molar-refractivity contribution in [1.29, 1.82) is 0 Å². The molecule has 9 heteroatoms. The van der Waals surface area contributed by atoms with Crippen LogP contribution in [0.2, 0.25) is 0 Å². The predicted octanol–water partition coefficient (Wildman–Crippen LogP) is 4.73. The first-order valence-electron chi connectivity index (χ1n) is 10.9. The Morgan fingerprint density at radius 3 is 2.46 bits per heavy atom. The number of carbonyl (C=O) groups excluding carboxylic acids is 2. The Morgan fingerprint density at radius 2 is 1.71 bits per heavy atom. The van der Waals surface area contributed by atoms with Crippen LogP contribution in [0.25, 0.3) is 11.0 Å². The molecule has 1 aromatic heterocycles. The van der Waals surface area contributed by atoms with Gasteiger partial charge in [-0.3, -0.25) is 9.59 Å². The highest BCUT2D eigenvalue weighted by molar-refractivity contribution is 7.99. The Morgan fingerprint density at radius 1 is 0.943 bits per heavy atom. The van der Waals surface area contributed by atoms with Gasteiger partial charge in [0.25, 0.3) is 0 Å². The first-order valence-corrected chi connectivity index (χ1v) is 11.9. The summed E-state index contributed by atoms with van der Waals surface area (Å²) < 4.78 is 12.3. The summed E-state index contributed by atoms with van der Waals surface area (Å²) in [6.07, 6.45) is 0. The fourth-order valence-electron chi connectivity index (χ4n) is 3.57. The van der Waals surface area contributed by atoms with Crippen molar-refractivity contribution in [2.75, 3.05) is 30.6 Å². The van der Waals surface area contributed by atoms with Gasteiger partial charge in [0.1, 0.15) is 18.0 Å². The van der Waals surface area contributed by atoms with Crippen LogP contribution in [0.4, 0.5) is 11.4 Å². The second kappa shape index (κ2) is 11.0. The molecule has 180 valence electrons. The van der Waals surface area contributed by atoms with Gasteiger partial charge in [-0.05, 0) is 61.0 Å². The summed E-state index contributed by atoms with van der Waals surface area (Å²) in [5, 5.41) is 6.38. The van der Waals surface area contributed by atoms with E-state index in [-0.39, 0.29) is 24.1 Å². The Labute approximate surface area is 207 Å². The number of hydrogen-bond donors (Lipinski definition) is 2. The Hall–Kier alpha value is -3.98. The van der Waals surface area contributed by atoms with E-state index in [4.69, 9.17) is 9.47 Å². The van der Waals surface area contributed by atoms with Gasteiger partial charge in [0.05, 0.1) is 36.7 Å². The van der Waals surface area contributed by atoms with Crippen molar-refractivity contribution in [3.63, 3.8) is 0 Å². The van der Waals surface area contributed by atoms with Crippen LogP contribution in [-0.4, -0.2) is 41.3 Å². The molecule has 0 fully saturated rings. The summed E-state index contributed by atoms with van der Waals surface area (Å²) in [5.41, 5.74) is 3.86. The molecule has 0 saturated heterocycles. The zero-order valence-electron chi connectivity index (χ0n) is 19.7. The number of imidazole rings is 1. The number of benzene rings is 3. The van der Waals surface area contributed by atoms with E-state index in [2.05, 4.69) is 15.6 Å². The number of methoxy groups -OCH3 is 2. The standard InChI is InChI=1S/C26H26N4O4S/c1-17-8-13-23(34-3)21(14-17)28-24(31)15-30-22-7-5-4-6-20(22)29-26(30)35-16-25(32)27-18-9-11-19(33-2)12-10-18/h4-14H,15-16H2,1-3H3,(H,27,32)(H,28,31). The van der Waals surface area contributed by atoms with Gasteiger partial charge in [-0.2, -0.15) is 0 Å². The maximum absolute atomic E-state index is 13.0. The fourth-order valence-corrected chi connectivity index (χ4v) is 4.38. The van der Waals surface area contributed by atoms with E-state index in [1.165, 1.54) is 11.8 Å². The highest BCUT2D eigenvalue weighted by Gasteiger charge is 2.17. The lowest BCUT2D eigenvalue weighted by Gasteiger charge is -2.13. The van der Waals surface area contributed by atoms with Crippen LogP contribution in [0.15, 0.2) is 71.9 Å². The van der Waals surface area contributed by atoms with Gasteiger partial charge in [0, 0.05) is 5.69 Å². The lowest BCUT2D eigenvalue weighted by atomic mass is 10.2. The largest absolute Gasteiger partial charge is 0.497 e. The lowest BCUT2D eigenvalue weighted by Crippen LogP contribution is -2.20. The summed E-state index contributed by atoms with van der Waals surface area (Å²) in [4.78, 5) is 30.2. The molecule has 0 unspecified atom stereocenters. The van der Waals surface area contributed by atoms with E-state index in [1.54, 1.807) is 38.5 Å². The van der Waals surface area contributed by atoms with Crippen LogP contribution >= 0.6 is 11.8 Å². The van der Waals surface area contributed by atoms with Gasteiger partial charge in [0.15, 0.2) is 5.16 Å². The van der Waals surface area contributed by atoms with Gasteiger partial charge in [0.2, 0.25) is 11.8 Å². The van der Waals surface area contributed by atoms with E-state index in [0.717, 1.165) is 16.6 Å². The van der Waals surface area contributed by atoms with Crippen LogP contribution < -0.4 is 20.1 Å². The van der Waals surface area contributed by atoms with Crippen LogP contribution in [0.1, 0.15) is 5.56 Å². The SMILES string of the molecule is COc1ccc(NC(=O)CSc2nc3ccccc3n2CC(=O)Nc2cc(C)ccc2OC)cc1. The predicted molar refractivity (Wildman–Crippen MR) is 138 cm³/mol. The number of aromatic nitrogens is 2. The van der Waals surface area contributed by atoms with E-state index >= 15 is 0 Å². The Kier molecular flexibility index (Phi) is 7.57. The normalized spacial score (nSPS) is 10.7. The molecule has 0 aliphatic carbocycles. The molecule has 4 aromatic rings. The molecule has 0 bridgehead atoms. The number of nitrogens with one attached hydrogen (secondary N) is 2. The molecule has 2 amide bonds. The number of hydrogen-bond acceptors (Lipinski definition) is 6. The first-order chi connectivity index (χ1) is 17.0. The summed E-state index contributed by atoms with van der Waals surface area (Å²) in [6, 6.07) is 20.3. The zero-order chi connectivity index (χ0) is 24.8. The number of thioether (sulfide) groups is 1. The number of aryl methyl sites for hydroxylation is 1. The molecule has 8 nitrogen and oxygen atoms in total. The number of anilines is 2. The van der Waals surface area contributed by atoms with Crippen molar-refractivity contribution in [2.24, 2.45) is 0 Å². The molecule has 3 aromatic carbocycles. The van der Waals surface area contributed by atoms with Crippen LogP contribution in [0.3, 0.4) is 0 Å². The number of nitrogens with zero attached hydrogens (tertiary/aromatic N) is 2. The highest BCUT2D eigenvalue weighted by atomic mass is 32.2. The first kappa shape index (κ1) is 24.2.